The molecule has 0 amide bonds. The summed E-state index contributed by atoms with van der Waals surface area (Å²) < 4.78 is 5.73. The summed E-state index contributed by atoms with van der Waals surface area (Å²) in [5.74, 6) is -0.278. The van der Waals surface area contributed by atoms with Crippen molar-refractivity contribution in [2.45, 2.75) is 6.10 Å². The fraction of sp³-hybridized carbons (Fsp3) is 0.250. The maximum atomic E-state index is 12.8. The van der Waals surface area contributed by atoms with Crippen molar-refractivity contribution in [3.05, 3.63) is 53.1 Å². The Kier molecular flexibility index (Phi) is 2.97. The van der Waals surface area contributed by atoms with Crippen LogP contribution in [0, 0.1) is 0 Å². The van der Waals surface area contributed by atoms with E-state index in [4.69, 9.17) is 4.74 Å². The van der Waals surface area contributed by atoms with Gasteiger partial charge in [0.25, 0.3) is 0 Å². The van der Waals surface area contributed by atoms with E-state index in [1.54, 1.807) is 18.3 Å². The minimum Gasteiger partial charge on any atom is -0.370 e. The third-order valence-corrected chi connectivity index (χ3v) is 4.09. The lowest BCUT2D eigenvalue weighted by molar-refractivity contribution is 0.0501. The second-order valence-corrected chi connectivity index (χ2v) is 5.29. The van der Waals surface area contributed by atoms with Crippen LogP contribution in [0.4, 0.5) is 5.69 Å². The maximum absolute atomic E-state index is 12.8. The Labute approximate surface area is 126 Å². The van der Waals surface area contributed by atoms with Crippen LogP contribution in [-0.4, -0.2) is 41.7 Å². The van der Waals surface area contributed by atoms with Gasteiger partial charge in [0.1, 0.15) is 17.5 Å². The van der Waals surface area contributed by atoms with Crippen molar-refractivity contribution in [1.29, 1.82) is 0 Å². The number of ether oxygens (including phenoxy) is 1. The zero-order valence-electron chi connectivity index (χ0n) is 11.7. The second-order valence-electron chi connectivity index (χ2n) is 5.29. The van der Waals surface area contributed by atoms with E-state index in [-0.39, 0.29) is 23.1 Å². The number of hydrogen-bond donors (Lipinski definition) is 0. The van der Waals surface area contributed by atoms with Gasteiger partial charge in [-0.25, -0.2) is 0 Å². The number of fused-ring (bicyclic) bond motifs is 5. The number of carbonyl (C=O) groups excluding carboxylic acids is 2. The van der Waals surface area contributed by atoms with E-state index < -0.39 is 0 Å². The molecule has 22 heavy (non-hydrogen) atoms. The molecule has 0 radical (unpaired) electrons. The number of ketones is 1. The van der Waals surface area contributed by atoms with Gasteiger partial charge in [-0.3, -0.25) is 19.6 Å². The smallest absolute Gasteiger partial charge is 0.215 e. The van der Waals surface area contributed by atoms with E-state index in [9.17, 15) is 9.59 Å². The quantitative estimate of drug-likeness (QED) is 0.630. The normalized spacial score (nSPS) is 18.9. The molecule has 0 spiro atoms. The van der Waals surface area contributed by atoms with Crippen LogP contribution >= 0.6 is 0 Å². The first-order chi connectivity index (χ1) is 10.8. The Morgan fingerprint density at radius 1 is 1.32 bits per heavy atom. The highest BCUT2D eigenvalue weighted by molar-refractivity contribution is 6.14. The van der Waals surface area contributed by atoms with Gasteiger partial charge in [-0.15, -0.1) is 0 Å². The summed E-state index contributed by atoms with van der Waals surface area (Å²) in [6.45, 7) is 2.12. The van der Waals surface area contributed by atoms with Crippen molar-refractivity contribution in [1.82, 2.24) is 9.97 Å². The van der Waals surface area contributed by atoms with Gasteiger partial charge in [-0.1, -0.05) is 0 Å². The fourth-order valence-corrected chi connectivity index (χ4v) is 3.10. The molecule has 1 atom stereocenters. The average molecular weight is 295 g/mol. The van der Waals surface area contributed by atoms with Gasteiger partial charge in [0, 0.05) is 31.0 Å². The van der Waals surface area contributed by atoms with Crippen LogP contribution in [0.3, 0.4) is 0 Å². The number of nitrogens with zero attached hydrogens (tertiary/aromatic N) is 3. The minimum atomic E-state index is -0.278. The van der Waals surface area contributed by atoms with Gasteiger partial charge in [0.05, 0.1) is 17.9 Å². The van der Waals surface area contributed by atoms with E-state index in [0.29, 0.717) is 18.6 Å². The van der Waals surface area contributed by atoms with E-state index in [1.807, 2.05) is 6.07 Å². The van der Waals surface area contributed by atoms with Crippen LogP contribution in [0.2, 0.25) is 0 Å². The number of aromatic nitrogens is 2. The first-order valence-electron chi connectivity index (χ1n) is 7.10. The predicted octanol–water partition coefficient (Wildman–Crippen LogP) is 1.41. The molecule has 0 saturated carbocycles. The lowest BCUT2D eigenvalue weighted by Crippen LogP contribution is -2.32. The van der Waals surface area contributed by atoms with Crippen molar-refractivity contribution in [3.63, 3.8) is 0 Å². The lowest BCUT2D eigenvalue weighted by atomic mass is 10.0. The van der Waals surface area contributed by atoms with E-state index in [1.165, 1.54) is 6.20 Å². The molecule has 2 aliphatic rings. The van der Waals surface area contributed by atoms with E-state index in [0.717, 1.165) is 24.3 Å². The minimum absolute atomic E-state index is 0.00209. The molecule has 4 rings (SSSR count). The molecule has 0 aliphatic carbocycles. The fourth-order valence-electron chi connectivity index (χ4n) is 3.10. The maximum Gasteiger partial charge on any atom is 0.215 e. The zero-order chi connectivity index (χ0) is 15.1. The number of anilines is 1. The standard InChI is InChI=1S/C16H13N3O3/c20-9-12-10(2-1-4-17-12)16(21)14-15-11(3-5-18-14)13-8-19(15)6-7-22-13/h1-5,9,13H,6-8H2. The molecule has 2 aromatic rings. The zero-order valence-corrected chi connectivity index (χ0v) is 11.7. The molecule has 1 unspecified atom stereocenters. The van der Waals surface area contributed by atoms with Gasteiger partial charge in [-0.05, 0) is 18.2 Å². The molecule has 1 fully saturated rings. The molecule has 2 aliphatic heterocycles. The molecular formula is C16H13N3O3. The molecule has 2 bridgehead atoms. The summed E-state index contributed by atoms with van der Waals surface area (Å²) in [7, 11) is 0. The molecular weight excluding hydrogens is 282 g/mol. The Balaban J connectivity index is 1.85. The summed E-state index contributed by atoms with van der Waals surface area (Å²) in [6.07, 6.45) is 3.71. The van der Waals surface area contributed by atoms with Crippen LogP contribution in [0.5, 0.6) is 0 Å². The van der Waals surface area contributed by atoms with Crippen molar-refractivity contribution >= 4 is 17.8 Å². The molecule has 4 heterocycles. The summed E-state index contributed by atoms with van der Waals surface area (Å²) in [6, 6.07) is 5.14. The molecule has 0 aromatic carbocycles. The number of hydrogen-bond acceptors (Lipinski definition) is 6. The molecule has 2 aromatic heterocycles. The van der Waals surface area contributed by atoms with Gasteiger partial charge in [0.15, 0.2) is 6.29 Å². The first-order valence-corrected chi connectivity index (χ1v) is 7.10. The number of carbonyl (C=O) groups is 2. The second kappa shape index (κ2) is 4.99. The average Bonchev–Trinajstić information content (AvgIpc) is 2.84. The third-order valence-electron chi connectivity index (χ3n) is 4.09. The van der Waals surface area contributed by atoms with Crippen molar-refractivity contribution < 1.29 is 14.3 Å². The number of morpholine rings is 1. The summed E-state index contributed by atoms with van der Waals surface area (Å²) in [5.41, 5.74) is 2.60. The number of aldehydes is 1. The number of rotatable bonds is 3. The monoisotopic (exact) mass is 295 g/mol. The van der Waals surface area contributed by atoms with Gasteiger partial charge >= 0.3 is 0 Å². The molecule has 6 heteroatoms. The molecule has 1 saturated heterocycles. The van der Waals surface area contributed by atoms with Crippen LogP contribution in [0.1, 0.15) is 38.2 Å². The lowest BCUT2D eigenvalue weighted by Gasteiger charge is -2.25. The molecule has 0 N–H and O–H groups in total. The first kappa shape index (κ1) is 13.1. The highest BCUT2D eigenvalue weighted by atomic mass is 16.5. The Morgan fingerprint density at radius 3 is 3.09 bits per heavy atom. The van der Waals surface area contributed by atoms with Crippen LogP contribution < -0.4 is 4.90 Å². The van der Waals surface area contributed by atoms with Crippen molar-refractivity contribution in [2.24, 2.45) is 0 Å². The molecule has 6 nitrogen and oxygen atoms in total. The Bertz CT molecular complexity index is 775. The Hall–Kier alpha value is -2.60. The largest absolute Gasteiger partial charge is 0.370 e. The third kappa shape index (κ3) is 1.84. The van der Waals surface area contributed by atoms with Crippen LogP contribution in [0.25, 0.3) is 0 Å². The Morgan fingerprint density at radius 2 is 2.23 bits per heavy atom. The van der Waals surface area contributed by atoms with Gasteiger partial charge < -0.3 is 9.64 Å². The highest BCUT2D eigenvalue weighted by Gasteiger charge is 2.37. The highest BCUT2D eigenvalue weighted by Crippen LogP contribution is 2.41. The topological polar surface area (TPSA) is 72.4 Å². The SMILES string of the molecule is O=Cc1ncccc1C(=O)c1nccc2c1N1CCOC2C1. The predicted molar refractivity (Wildman–Crippen MR) is 78.2 cm³/mol. The van der Waals surface area contributed by atoms with Crippen LogP contribution in [0.15, 0.2) is 30.6 Å². The summed E-state index contributed by atoms with van der Waals surface area (Å²) >= 11 is 0. The van der Waals surface area contributed by atoms with E-state index >= 15 is 0 Å². The molecule has 110 valence electrons. The van der Waals surface area contributed by atoms with Crippen molar-refractivity contribution in [2.75, 3.05) is 24.6 Å². The summed E-state index contributed by atoms with van der Waals surface area (Å²) in [4.78, 5) is 34.3. The number of pyridine rings is 2. The van der Waals surface area contributed by atoms with Crippen LogP contribution in [-0.2, 0) is 4.74 Å². The van der Waals surface area contributed by atoms with Gasteiger partial charge in [0.2, 0.25) is 5.78 Å². The van der Waals surface area contributed by atoms with E-state index in [2.05, 4.69) is 14.9 Å². The summed E-state index contributed by atoms with van der Waals surface area (Å²) in [5, 5.41) is 0. The van der Waals surface area contributed by atoms with Gasteiger partial charge in [-0.2, -0.15) is 0 Å². The van der Waals surface area contributed by atoms with Crippen molar-refractivity contribution in [3.8, 4) is 0 Å².